The van der Waals surface area contributed by atoms with E-state index in [1.807, 2.05) is 24.3 Å². The number of hydrogen-bond acceptors (Lipinski definition) is 3. The lowest BCUT2D eigenvalue weighted by atomic mass is 10.1. The zero-order valence-electron chi connectivity index (χ0n) is 11.1. The second-order valence-electron chi connectivity index (χ2n) is 4.69. The molecule has 0 saturated heterocycles. The first-order valence-electron chi connectivity index (χ1n) is 6.44. The molecule has 0 saturated carbocycles. The molecule has 21 heavy (non-hydrogen) atoms. The fraction of sp³-hybridized carbons (Fsp3) is 0.125. The summed E-state index contributed by atoms with van der Waals surface area (Å²) in [5.41, 5.74) is 2.10. The summed E-state index contributed by atoms with van der Waals surface area (Å²) >= 11 is 7.36. The molecule has 0 aliphatic carbocycles. The molecule has 0 atom stereocenters. The topological polar surface area (TPSA) is 37.4 Å². The van der Waals surface area contributed by atoms with Gasteiger partial charge in [-0.05, 0) is 29.8 Å². The number of carbonyl (C=O) groups is 2. The van der Waals surface area contributed by atoms with Crippen LogP contribution in [0.3, 0.4) is 0 Å². The zero-order chi connectivity index (χ0) is 14.8. The number of hydrogen-bond donors (Lipinski definition) is 0. The molecule has 5 heteroatoms. The molecule has 0 unspecified atom stereocenters. The van der Waals surface area contributed by atoms with Crippen LogP contribution in [0.15, 0.2) is 48.5 Å². The SMILES string of the molecule is O=C1c2ccccc2C(=O)N1CSCc1ccc(Cl)cc1. The van der Waals surface area contributed by atoms with E-state index in [1.54, 1.807) is 24.3 Å². The number of nitrogens with zero attached hydrogens (tertiary/aromatic N) is 1. The van der Waals surface area contributed by atoms with Gasteiger partial charge in [0.15, 0.2) is 0 Å². The Morgan fingerprint density at radius 3 is 2.05 bits per heavy atom. The second-order valence-corrected chi connectivity index (χ2v) is 6.08. The highest BCUT2D eigenvalue weighted by atomic mass is 35.5. The van der Waals surface area contributed by atoms with Gasteiger partial charge in [0.05, 0.1) is 17.0 Å². The number of benzene rings is 2. The predicted octanol–water partition coefficient (Wildman–Crippen LogP) is 3.83. The van der Waals surface area contributed by atoms with E-state index >= 15 is 0 Å². The van der Waals surface area contributed by atoms with E-state index in [0.29, 0.717) is 22.0 Å². The molecule has 0 radical (unpaired) electrons. The lowest BCUT2D eigenvalue weighted by Crippen LogP contribution is -2.29. The maximum Gasteiger partial charge on any atom is 0.262 e. The van der Waals surface area contributed by atoms with Crippen molar-refractivity contribution in [2.24, 2.45) is 0 Å². The van der Waals surface area contributed by atoms with Gasteiger partial charge in [-0.15, -0.1) is 11.8 Å². The standard InChI is InChI=1S/C16H12ClNO2S/c17-12-7-5-11(6-8-12)9-21-10-18-15(19)13-3-1-2-4-14(13)16(18)20/h1-8H,9-10H2. The van der Waals surface area contributed by atoms with Gasteiger partial charge in [0.2, 0.25) is 0 Å². The minimum atomic E-state index is -0.209. The summed E-state index contributed by atoms with van der Waals surface area (Å²) in [5, 5.41) is 0.698. The maximum absolute atomic E-state index is 12.2. The number of thioether (sulfide) groups is 1. The Morgan fingerprint density at radius 2 is 1.48 bits per heavy atom. The number of imide groups is 1. The molecule has 2 amide bonds. The Bertz CT molecular complexity index is 665. The van der Waals surface area contributed by atoms with Crippen LogP contribution in [-0.4, -0.2) is 22.6 Å². The Balaban J connectivity index is 1.63. The molecular weight excluding hydrogens is 306 g/mol. The van der Waals surface area contributed by atoms with Crippen LogP contribution in [0.2, 0.25) is 5.02 Å². The average Bonchev–Trinajstić information content (AvgIpc) is 2.75. The minimum Gasteiger partial charge on any atom is -0.269 e. The van der Waals surface area contributed by atoms with Gasteiger partial charge in [0, 0.05) is 10.8 Å². The van der Waals surface area contributed by atoms with Gasteiger partial charge < -0.3 is 0 Å². The van der Waals surface area contributed by atoms with Gasteiger partial charge in [-0.2, -0.15) is 0 Å². The molecular formula is C16H12ClNO2S. The average molecular weight is 318 g/mol. The first-order chi connectivity index (χ1) is 10.2. The molecule has 0 aromatic heterocycles. The van der Waals surface area contributed by atoms with Gasteiger partial charge in [-0.3, -0.25) is 14.5 Å². The fourth-order valence-electron chi connectivity index (χ4n) is 2.19. The van der Waals surface area contributed by atoms with E-state index in [9.17, 15) is 9.59 Å². The largest absolute Gasteiger partial charge is 0.269 e. The third-order valence-corrected chi connectivity index (χ3v) is 4.51. The van der Waals surface area contributed by atoms with Crippen molar-refractivity contribution in [1.29, 1.82) is 0 Å². The summed E-state index contributed by atoms with van der Waals surface area (Å²) < 4.78 is 0. The quantitative estimate of drug-likeness (QED) is 0.804. The van der Waals surface area contributed by atoms with Gasteiger partial charge in [-0.25, -0.2) is 0 Å². The van der Waals surface area contributed by atoms with Crippen LogP contribution in [0.5, 0.6) is 0 Å². The summed E-state index contributed by atoms with van der Waals surface area (Å²) in [4.78, 5) is 25.6. The van der Waals surface area contributed by atoms with Gasteiger partial charge in [0.25, 0.3) is 11.8 Å². The minimum absolute atomic E-state index is 0.209. The summed E-state index contributed by atoms with van der Waals surface area (Å²) in [7, 11) is 0. The van der Waals surface area contributed by atoms with E-state index in [0.717, 1.165) is 11.3 Å². The van der Waals surface area contributed by atoms with Crippen LogP contribution >= 0.6 is 23.4 Å². The summed E-state index contributed by atoms with van der Waals surface area (Å²) in [6.07, 6.45) is 0. The molecule has 0 N–H and O–H groups in total. The Kier molecular flexibility index (Phi) is 3.99. The number of carbonyl (C=O) groups excluding carboxylic acids is 2. The smallest absolute Gasteiger partial charge is 0.262 e. The van der Waals surface area contributed by atoms with Crippen LogP contribution in [-0.2, 0) is 5.75 Å². The fourth-order valence-corrected chi connectivity index (χ4v) is 3.25. The molecule has 0 bridgehead atoms. The third kappa shape index (κ3) is 2.82. The monoisotopic (exact) mass is 317 g/mol. The molecule has 1 aliphatic heterocycles. The number of halogens is 1. The lowest BCUT2D eigenvalue weighted by molar-refractivity contribution is 0.0684. The van der Waals surface area contributed by atoms with Gasteiger partial charge >= 0.3 is 0 Å². The Labute approximate surface area is 131 Å². The summed E-state index contributed by atoms with van der Waals surface area (Å²) in [5.74, 6) is 0.665. The van der Waals surface area contributed by atoms with Crippen LogP contribution in [0.25, 0.3) is 0 Å². The molecule has 0 spiro atoms. The first-order valence-corrected chi connectivity index (χ1v) is 7.97. The van der Waals surface area contributed by atoms with Crippen molar-refractivity contribution in [1.82, 2.24) is 4.90 Å². The van der Waals surface area contributed by atoms with E-state index in [4.69, 9.17) is 11.6 Å². The second kappa shape index (κ2) is 5.92. The molecule has 0 fully saturated rings. The maximum atomic E-state index is 12.2. The van der Waals surface area contributed by atoms with Crippen LogP contribution in [0, 0.1) is 0 Å². The lowest BCUT2D eigenvalue weighted by Gasteiger charge is -2.13. The van der Waals surface area contributed by atoms with Crippen molar-refractivity contribution in [3.8, 4) is 0 Å². The van der Waals surface area contributed by atoms with E-state index in [2.05, 4.69) is 0 Å². The zero-order valence-corrected chi connectivity index (χ0v) is 12.7. The van der Waals surface area contributed by atoms with Crippen molar-refractivity contribution < 1.29 is 9.59 Å². The number of rotatable bonds is 4. The Hall–Kier alpha value is -1.78. The van der Waals surface area contributed by atoms with E-state index < -0.39 is 0 Å². The molecule has 2 aromatic rings. The number of amides is 2. The highest BCUT2D eigenvalue weighted by Gasteiger charge is 2.34. The number of fused-ring (bicyclic) bond motifs is 1. The molecule has 1 aliphatic rings. The molecule has 2 aromatic carbocycles. The van der Waals surface area contributed by atoms with E-state index in [-0.39, 0.29) is 11.8 Å². The van der Waals surface area contributed by atoms with Gasteiger partial charge in [0.1, 0.15) is 0 Å². The van der Waals surface area contributed by atoms with Crippen LogP contribution < -0.4 is 0 Å². The summed E-state index contributed by atoms with van der Waals surface area (Å²) in [6, 6.07) is 14.5. The van der Waals surface area contributed by atoms with Crippen molar-refractivity contribution >= 4 is 35.2 Å². The third-order valence-electron chi connectivity index (χ3n) is 3.28. The predicted molar refractivity (Wildman–Crippen MR) is 84.6 cm³/mol. The summed E-state index contributed by atoms with van der Waals surface area (Å²) in [6.45, 7) is 0. The highest BCUT2D eigenvalue weighted by Crippen LogP contribution is 2.25. The normalized spacial score (nSPS) is 13.7. The van der Waals surface area contributed by atoms with Crippen molar-refractivity contribution in [2.75, 3.05) is 5.88 Å². The Morgan fingerprint density at radius 1 is 0.905 bits per heavy atom. The van der Waals surface area contributed by atoms with Gasteiger partial charge in [-0.1, -0.05) is 35.9 Å². The van der Waals surface area contributed by atoms with Crippen LogP contribution in [0.1, 0.15) is 26.3 Å². The molecule has 3 rings (SSSR count). The molecule has 1 heterocycles. The first kappa shape index (κ1) is 14.2. The highest BCUT2D eigenvalue weighted by molar-refractivity contribution is 7.98. The molecule has 3 nitrogen and oxygen atoms in total. The van der Waals surface area contributed by atoms with Crippen molar-refractivity contribution in [3.05, 3.63) is 70.2 Å². The van der Waals surface area contributed by atoms with Crippen molar-refractivity contribution in [3.63, 3.8) is 0 Å². The van der Waals surface area contributed by atoms with Crippen LogP contribution in [0.4, 0.5) is 0 Å². The molecule has 106 valence electrons. The van der Waals surface area contributed by atoms with Crippen molar-refractivity contribution in [2.45, 2.75) is 5.75 Å². The van der Waals surface area contributed by atoms with E-state index in [1.165, 1.54) is 16.7 Å².